The molecule has 0 saturated heterocycles. The van der Waals surface area contributed by atoms with Crippen LogP contribution in [-0.4, -0.2) is 73.8 Å². The Morgan fingerprint density at radius 2 is 1.34 bits per heavy atom. The summed E-state index contributed by atoms with van der Waals surface area (Å²) < 4.78 is 0. The molecule has 3 aromatic rings. The fourth-order valence-corrected chi connectivity index (χ4v) is 4.35. The molecule has 0 aliphatic rings. The Balaban J connectivity index is 1.50. The summed E-state index contributed by atoms with van der Waals surface area (Å²) in [5.41, 5.74) is 1.88. The third-order valence-electron chi connectivity index (χ3n) is 6.11. The van der Waals surface area contributed by atoms with Crippen LogP contribution in [0.1, 0.15) is 67.1 Å². The lowest BCUT2D eigenvalue weighted by Crippen LogP contribution is -2.30. The number of amides is 1. The van der Waals surface area contributed by atoms with Crippen molar-refractivity contribution in [2.45, 2.75) is 59.2 Å². The number of hydrogen-bond donors (Lipinski definition) is 2. The molecule has 0 bridgehead atoms. The van der Waals surface area contributed by atoms with Crippen molar-refractivity contribution in [3.63, 3.8) is 0 Å². The highest BCUT2D eigenvalue weighted by Crippen LogP contribution is 2.13. The topological polar surface area (TPSA) is 84.2 Å². The van der Waals surface area contributed by atoms with Crippen molar-refractivity contribution < 1.29 is 4.79 Å². The molecule has 0 aliphatic carbocycles. The molecule has 0 atom stereocenters. The standard InChI is InChI=1S/C27H41N7O/c1-4-16-33(17-5-2)19-7-6-18-32(3)27(35)24-10-8-23(9-11-24)20-34(21-25-28-12-13-29-25)22-26-30-14-15-31-26/h8-15H,4-7,16-22H2,1-3H3,(H,28,29)(H,30,31). The summed E-state index contributed by atoms with van der Waals surface area (Å²) in [6.07, 6.45) is 11.7. The summed E-state index contributed by atoms with van der Waals surface area (Å²) in [5.74, 6) is 1.91. The second kappa shape index (κ2) is 14.4. The minimum absolute atomic E-state index is 0.0820. The number of benzene rings is 1. The Bertz CT molecular complexity index is 912. The predicted molar refractivity (Wildman–Crippen MR) is 140 cm³/mol. The van der Waals surface area contributed by atoms with Crippen LogP contribution in [0.3, 0.4) is 0 Å². The highest BCUT2D eigenvalue weighted by Gasteiger charge is 2.14. The second-order valence-corrected chi connectivity index (χ2v) is 9.19. The Morgan fingerprint density at radius 1 is 0.771 bits per heavy atom. The van der Waals surface area contributed by atoms with Gasteiger partial charge in [0.15, 0.2) is 0 Å². The van der Waals surface area contributed by atoms with Crippen LogP contribution in [0.2, 0.25) is 0 Å². The van der Waals surface area contributed by atoms with Crippen LogP contribution in [0.5, 0.6) is 0 Å². The molecule has 35 heavy (non-hydrogen) atoms. The van der Waals surface area contributed by atoms with E-state index in [1.165, 1.54) is 12.8 Å². The average Bonchev–Trinajstić information content (AvgIpc) is 3.56. The van der Waals surface area contributed by atoms with E-state index < -0.39 is 0 Å². The number of aromatic amines is 2. The van der Waals surface area contributed by atoms with Gasteiger partial charge in [-0.1, -0.05) is 26.0 Å². The Morgan fingerprint density at radius 3 is 1.86 bits per heavy atom. The lowest BCUT2D eigenvalue weighted by atomic mass is 10.1. The van der Waals surface area contributed by atoms with Crippen molar-refractivity contribution >= 4 is 5.91 Å². The summed E-state index contributed by atoms with van der Waals surface area (Å²) in [6.45, 7) is 10.8. The summed E-state index contributed by atoms with van der Waals surface area (Å²) in [7, 11) is 1.90. The molecule has 8 heteroatoms. The van der Waals surface area contributed by atoms with E-state index in [1.54, 1.807) is 12.4 Å². The van der Waals surface area contributed by atoms with Gasteiger partial charge in [0.25, 0.3) is 5.91 Å². The van der Waals surface area contributed by atoms with Gasteiger partial charge in [0.2, 0.25) is 0 Å². The van der Waals surface area contributed by atoms with Crippen LogP contribution in [0.4, 0.5) is 0 Å². The second-order valence-electron chi connectivity index (χ2n) is 9.19. The highest BCUT2D eigenvalue weighted by molar-refractivity contribution is 5.94. The maximum absolute atomic E-state index is 12.9. The molecule has 1 aromatic carbocycles. The van der Waals surface area contributed by atoms with Crippen LogP contribution in [0.25, 0.3) is 0 Å². The maximum atomic E-state index is 12.9. The number of carbonyl (C=O) groups excluding carboxylic acids is 1. The highest BCUT2D eigenvalue weighted by atomic mass is 16.2. The summed E-state index contributed by atoms with van der Waals surface area (Å²) in [4.78, 5) is 34.6. The van der Waals surface area contributed by atoms with Crippen molar-refractivity contribution in [2.24, 2.45) is 0 Å². The molecule has 190 valence electrons. The van der Waals surface area contributed by atoms with Crippen molar-refractivity contribution in [3.05, 3.63) is 71.8 Å². The minimum atomic E-state index is 0.0820. The predicted octanol–water partition coefficient (Wildman–Crippen LogP) is 4.31. The molecular formula is C27H41N7O. The van der Waals surface area contributed by atoms with E-state index in [4.69, 9.17) is 0 Å². The number of H-pyrrole nitrogens is 2. The molecule has 0 radical (unpaired) electrons. The van der Waals surface area contributed by atoms with Crippen LogP contribution in [-0.2, 0) is 19.6 Å². The van der Waals surface area contributed by atoms with Crippen molar-refractivity contribution in [2.75, 3.05) is 33.2 Å². The Labute approximate surface area is 209 Å². The van der Waals surface area contributed by atoms with Gasteiger partial charge in [-0.2, -0.15) is 0 Å². The monoisotopic (exact) mass is 479 g/mol. The Hall–Kier alpha value is -2.97. The molecule has 1 amide bonds. The van der Waals surface area contributed by atoms with Gasteiger partial charge in [-0.3, -0.25) is 9.69 Å². The fourth-order valence-electron chi connectivity index (χ4n) is 4.35. The van der Waals surface area contributed by atoms with Crippen LogP contribution >= 0.6 is 0 Å². The number of hydrogen-bond acceptors (Lipinski definition) is 5. The van der Waals surface area contributed by atoms with Gasteiger partial charge in [0, 0.05) is 50.5 Å². The largest absolute Gasteiger partial charge is 0.348 e. The number of aromatic nitrogens is 4. The molecule has 0 fully saturated rings. The number of imidazole rings is 2. The zero-order chi connectivity index (χ0) is 24.9. The van der Waals surface area contributed by atoms with E-state index in [-0.39, 0.29) is 5.91 Å². The number of rotatable bonds is 16. The lowest BCUT2D eigenvalue weighted by Gasteiger charge is -2.22. The quantitative estimate of drug-likeness (QED) is 0.299. The van der Waals surface area contributed by atoms with Crippen molar-refractivity contribution in [1.29, 1.82) is 0 Å². The third-order valence-corrected chi connectivity index (χ3v) is 6.11. The molecule has 0 saturated carbocycles. The third kappa shape index (κ3) is 8.96. The first kappa shape index (κ1) is 26.6. The summed E-state index contributed by atoms with van der Waals surface area (Å²) in [5, 5.41) is 0. The van der Waals surface area contributed by atoms with E-state index in [0.29, 0.717) is 13.1 Å². The van der Waals surface area contributed by atoms with Gasteiger partial charge in [0.05, 0.1) is 13.1 Å². The maximum Gasteiger partial charge on any atom is 0.253 e. The average molecular weight is 480 g/mol. The molecule has 3 rings (SSSR count). The molecule has 0 unspecified atom stereocenters. The van der Waals surface area contributed by atoms with Gasteiger partial charge in [-0.15, -0.1) is 0 Å². The van der Waals surface area contributed by atoms with Crippen molar-refractivity contribution in [1.82, 2.24) is 34.6 Å². The van der Waals surface area contributed by atoms with Gasteiger partial charge in [0.1, 0.15) is 11.6 Å². The van der Waals surface area contributed by atoms with E-state index in [9.17, 15) is 4.79 Å². The Kier molecular flexibility index (Phi) is 11.0. The molecule has 2 N–H and O–H groups in total. The number of carbonyl (C=O) groups is 1. The van der Waals surface area contributed by atoms with Crippen molar-refractivity contribution in [3.8, 4) is 0 Å². The molecule has 2 aromatic heterocycles. The number of nitrogens with zero attached hydrogens (tertiary/aromatic N) is 5. The lowest BCUT2D eigenvalue weighted by molar-refractivity contribution is 0.0791. The van der Waals surface area contributed by atoms with Gasteiger partial charge >= 0.3 is 0 Å². The van der Waals surface area contributed by atoms with E-state index in [1.807, 2.05) is 48.6 Å². The van der Waals surface area contributed by atoms with E-state index >= 15 is 0 Å². The zero-order valence-electron chi connectivity index (χ0n) is 21.5. The summed E-state index contributed by atoms with van der Waals surface area (Å²) in [6, 6.07) is 7.98. The SMILES string of the molecule is CCCN(CCC)CCCCN(C)C(=O)c1ccc(CN(Cc2ncc[nH]2)Cc2ncc[nH]2)cc1. The van der Waals surface area contributed by atoms with Crippen LogP contribution < -0.4 is 0 Å². The first-order valence-corrected chi connectivity index (χ1v) is 12.8. The normalized spacial score (nSPS) is 11.5. The van der Waals surface area contributed by atoms with Gasteiger partial charge in [-0.05, 0) is 63.0 Å². The molecular weight excluding hydrogens is 438 g/mol. The number of unbranched alkanes of at least 4 members (excludes halogenated alkanes) is 1. The fraction of sp³-hybridized carbons (Fsp3) is 0.519. The van der Waals surface area contributed by atoms with E-state index in [2.05, 4.69) is 43.6 Å². The first-order chi connectivity index (χ1) is 17.1. The molecule has 2 heterocycles. The number of nitrogens with one attached hydrogen (secondary N) is 2. The van der Waals surface area contributed by atoms with Crippen LogP contribution in [0.15, 0.2) is 49.1 Å². The molecule has 8 nitrogen and oxygen atoms in total. The van der Waals surface area contributed by atoms with Crippen LogP contribution in [0, 0.1) is 0 Å². The minimum Gasteiger partial charge on any atom is -0.348 e. The summed E-state index contributed by atoms with van der Waals surface area (Å²) >= 11 is 0. The zero-order valence-corrected chi connectivity index (χ0v) is 21.5. The van der Waals surface area contributed by atoms with Gasteiger partial charge < -0.3 is 19.8 Å². The smallest absolute Gasteiger partial charge is 0.253 e. The first-order valence-electron chi connectivity index (χ1n) is 12.8. The van der Waals surface area contributed by atoms with Gasteiger partial charge in [-0.25, -0.2) is 9.97 Å². The molecule has 0 aliphatic heterocycles. The molecule has 0 spiro atoms. The van der Waals surface area contributed by atoms with E-state index in [0.717, 1.165) is 68.3 Å².